The predicted molar refractivity (Wildman–Crippen MR) is 67.5 cm³/mol. The van der Waals surface area contributed by atoms with Crippen LogP contribution in [0.1, 0.15) is 6.92 Å². The Hall–Kier alpha value is -0.220. The molecule has 70 valence electrons. The molecular formula is C10H11ClIN. The third-order valence-electron chi connectivity index (χ3n) is 1.67. The highest BCUT2D eigenvalue weighted by Crippen LogP contribution is 2.24. The molecule has 1 nitrogen and oxygen atoms in total. The maximum absolute atomic E-state index is 6.00. The summed E-state index contributed by atoms with van der Waals surface area (Å²) in [5.41, 5.74) is 0.959. The van der Waals surface area contributed by atoms with E-state index in [0.29, 0.717) is 0 Å². The smallest absolute Gasteiger partial charge is 0.0638 e. The first kappa shape index (κ1) is 10.9. The summed E-state index contributed by atoms with van der Waals surface area (Å²) in [6.45, 7) is 5.73. The molecule has 0 aliphatic carbocycles. The topological polar surface area (TPSA) is 12.0 Å². The van der Waals surface area contributed by atoms with Gasteiger partial charge in [-0.1, -0.05) is 17.7 Å². The molecule has 0 aliphatic rings. The summed E-state index contributed by atoms with van der Waals surface area (Å²) < 4.78 is 1.17. The van der Waals surface area contributed by atoms with Crippen LogP contribution in [0.25, 0.3) is 0 Å². The molecule has 0 bridgehead atoms. The molecule has 1 atom stereocenters. The van der Waals surface area contributed by atoms with Crippen LogP contribution in [0.5, 0.6) is 0 Å². The number of hydrogen-bond acceptors (Lipinski definition) is 1. The van der Waals surface area contributed by atoms with Crippen LogP contribution >= 0.6 is 34.2 Å². The van der Waals surface area contributed by atoms with Crippen molar-refractivity contribution in [3.63, 3.8) is 0 Å². The average Bonchev–Trinajstić information content (AvgIpc) is 2.11. The molecule has 1 aromatic rings. The molecule has 0 fully saturated rings. The fourth-order valence-corrected chi connectivity index (χ4v) is 1.58. The summed E-state index contributed by atoms with van der Waals surface area (Å²) in [7, 11) is 0. The van der Waals surface area contributed by atoms with Crippen molar-refractivity contribution in [2.75, 3.05) is 5.32 Å². The second-order valence-electron chi connectivity index (χ2n) is 2.79. The van der Waals surface area contributed by atoms with Crippen LogP contribution in [0, 0.1) is 3.57 Å². The molecule has 1 N–H and O–H groups in total. The Balaban J connectivity index is 2.86. The lowest BCUT2D eigenvalue weighted by Crippen LogP contribution is -2.11. The zero-order valence-corrected chi connectivity index (χ0v) is 10.3. The lowest BCUT2D eigenvalue weighted by molar-refractivity contribution is 1.00. The van der Waals surface area contributed by atoms with E-state index in [9.17, 15) is 0 Å². The van der Waals surface area contributed by atoms with Crippen LogP contribution < -0.4 is 5.32 Å². The minimum absolute atomic E-state index is 0.232. The highest BCUT2D eigenvalue weighted by atomic mass is 127. The minimum Gasteiger partial charge on any atom is -0.378 e. The van der Waals surface area contributed by atoms with Crippen LogP contribution in [-0.4, -0.2) is 6.04 Å². The van der Waals surface area contributed by atoms with Crippen LogP contribution in [0.4, 0.5) is 5.69 Å². The van der Waals surface area contributed by atoms with E-state index in [2.05, 4.69) is 34.5 Å². The van der Waals surface area contributed by atoms with Gasteiger partial charge in [0, 0.05) is 9.61 Å². The van der Waals surface area contributed by atoms with Gasteiger partial charge in [-0.05, 0) is 47.7 Å². The first-order valence-electron chi connectivity index (χ1n) is 3.97. The van der Waals surface area contributed by atoms with Gasteiger partial charge in [0.1, 0.15) is 0 Å². The van der Waals surface area contributed by atoms with Crippen molar-refractivity contribution in [2.45, 2.75) is 13.0 Å². The molecule has 0 amide bonds. The van der Waals surface area contributed by atoms with Gasteiger partial charge in [0.05, 0.1) is 10.7 Å². The molecule has 0 aliphatic heterocycles. The van der Waals surface area contributed by atoms with Gasteiger partial charge in [-0.2, -0.15) is 0 Å². The predicted octanol–water partition coefficient (Wildman–Crippen LogP) is 3.93. The monoisotopic (exact) mass is 307 g/mol. The van der Waals surface area contributed by atoms with E-state index in [1.165, 1.54) is 3.57 Å². The molecule has 1 unspecified atom stereocenters. The standard InChI is InChI=1S/C10H11ClIN/c1-3-7(2)13-10-6-8(12)4-5-9(10)11/h3-7,13H,1H2,2H3. The van der Waals surface area contributed by atoms with E-state index in [0.717, 1.165) is 10.7 Å². The van der Waals surface area contributed by atoms with Crippen molar-refractivity contribution in [3.05, 3.63) is 39.4 Å². The molecule has 3 heteroatoms. The quantitative estimate of drug-likeness (QED) is 0.659. The molecular weight excluding hydrogens is 296 g/mol. The van der Waals surface area contributed by atoms with Crippen molar-refractivity contribution < 1.29 is 0 Å². The Morgan fingerprint density at radius 2 is 2.31 bits per heavy atom. The van der Waals surface area contributed by atoms with Gasteiger partial charge in [-0.3, -0.25) is 0 Å². The Morgan fingerprint density at radius 1 is 1.62 bits per heavy atom. The van der Waals surface area contributed by atoms with Crippen molar-refractivity contribution in [1.82, 2.24) is 0 Å². The highest BCUT2D eigenvalue weighted by molar-refractivity contribution is 14.1. The molecule has 0 aromatic heterocycles. The maximum atomic E-state index is 6.00. The van der Waals surface area contributed by atoms with E-state index in [4.69, 9.17) is 11.6 Å². The molecule has 13 heavy (non-hydrogen) atoms. The number of anilines is 1. The first-order chi connectivity index (χ1) is 6.13. The molecule has 0 saturated carbocycles. The van der Waals surface area contributed by atoms with Crippen LogP contribution in [0.3, 0.4) is 0 Å². The fourth-order valence-electron chi connectivity index (χ4n) is 0.912. The average molecular weight is 308 g/mol. The van der Waals surface area contributed by atoms with Gasteiger partial charge < -0.3 is 5.32 Å². The second-order valence-corrected chi connectivity index (χ2v) is 4.45. The Labute approximate surface area is 97.3 Å². The van der Waals surface area contributed by atoms with Gasteiger partial charge in [0.15, 0.2) is 0 Å². The number of halogens is 2. The highest BCUT2D eigenvalue weighted by Gasteiger charge is 2.02. The Bertz CT molecular complexity index is 312. The minimum atomic E-state index is 0.232. The largest absolute Gasteiger partial charge is 0.378 e. The van der Waals surface area contributed by atoms with Crippen molar-refractivity contribution in [3.8, 4) is 0 Å². The van der Waals surface area contributed by atoms with Gasteiger partial charge in [0.2, 0.25) is 0 Å². The summed E-state index contributed by atoms with van der Waals surface area (Å²) in [5, 5.41) is 3.99. The first-order valence-corrected chi connectivity index (χ1v) is 5.43. The van der Waals surface area contributed by atoms with Crippen molar-refractivity contribution in [1.29, 1.82) is 0 Å². The third-order valence-corrected chi connectivity index (χ3v) is 2.67. The summed E-state index contributed by atoms with van der Waals surface area (Å²) >= 11 is 8.25. The molecule has 1 aromatic carbocycles. The van der Waals surface area contributed by atoms with Gasteiger partial charge in [-0.15, -0.1) is 6.58 Å². The maximum Gasteiger partial charge on any atom is 0.0638 e. The Morgan fingerprint density at radius 3 is 2.92 bits per heavy atom. The van der Waals surface area contributed by atoms with Crippen molar-refractivity contribution >= 4 is 39.9 Å². The SMILES string of the molecule is C=CC(C)Nc1cc(I)ccc1Cl. The lowest BCUT2D eigenvalue weighted by Gasteiger charge is -2.12. The van der Waals surface area contributed by atoms with E-state index in [-0.39, 0.29) is 6.04 Å². The summed E-state index contributed by atoms with van der Waals surface area (Å²) in [6.07, 6.45) is 1.84. The Kier molecular flexibility index (Phi) is 4.06. The normalized spacial score (nSPS) is 12.2. The molecule has 0 saturated heterocycles. The van der Waals surface area contributed by atoms with Crippen LogP contribution in [0.15, 0.2) is 30.9 Å². The van der Waals surface area contributed by atoms with E-state index < -0.39 is 0 Å². The molecule has 0 heterocycles. The second kappa shape index (κ2) is 4.86. The summed E-state index contributed by atoms with van der Waals surface area (Å²) in [6, 6.07) is 6.12. The van der Waals surface area contributed by atoms with Gasteiger partial charge in [-0.25, -0.2) is 0 Å². The zero-order chi connectivity index (χ0) is 9.84. The number of benzene rings is 1. The number of nitrogens with one attached hydrogen (secondary N) is 1. The third kappa shape index (κ3) is 3.19. The van der Waals surface area contributed by atoms with E-state index >= 15 is 0 Å². The molecule has 1 rings (SSSR count). The van der Waals surface area contributed by atoms with Crippen LogP contribution in [0.2, 0.25) is 5.02 Å². The van der Waals surface area contributed by atoms with Crippen LogP contribution in [-0.2, 0) is 0 Å². The summed E-state index contributed by atoms with van der Waals surface area (Å²) in [5.74, 6) is 0. The summed E-state index contributed by atoms with van der Waals surface area (Å²) in [4.78, 5) is 0. The van der Waals surface area contributed by atoms with E-state index in [1.54, 1.807) is 0 Å². The zero-order valence-electron chi connectivity index (χ0n) is 7.35. The van der Waals surface area contributed by atoms with Crippen molar-refractivity contribution in [2.24, 2.45) is 0 Å². The lowest BCUT2D eigenvalue weighted by atomic mass is 10.2. The van der Waals surface area contributed by atoms with Gasteiger partial charge in [0.25, 0.3) is 0 Å². The molecule has 0 spiro atoms. The number of rotatable bonds is 3. The number of hydrogen-bond donors (Lipinski definition) is 1. The van der Waals surface area contributed by atoms with E-state index in [1.807, 2.05) is 31.2 Å². The molecule has 0 radical (unpaired) electrons. The van der Waals surface area contributed by atoms with Gasteiger partial charge >= 0.3 is 0 Å². The fraction of sp³-hybridized carbons (Fsp3) is 0.200.